The highest BCUT2D eigenvalue weighted by molar-refractivity contribution is 6.18. The summed E-state index contributed by atoms with van der Waals surface area (Å²) in [7, 11) is 1.52. The van der Waals surface area contributed by atoms with Crippen LogP contribution in [-0.2, 0) is 14.3 Å². The van der Waals surface area contributed by atoms with Crippen molar-refractivity contribution in [3.8, 4) is 5.75 Å². The van der Waals surface area contributed by atoms with Gasteiger partial charge in [0.05, 0.1) is 17.6 Å². The maximum atomic E-state index is 13.5. The van der Waals surface area contributed by atoms with Crippen molar-refractivity contribution in [2.45, 2.75) is 38.9 Å². The van der Waals surface area contributed by atoms with Gasteiger partial charge in [-0.2, -0.15) is 0 Å². The Bertz CT molecular complexity index is 885. The maximum Gasteiger partial charge on any atom is 0.302 e. The van der Waals surface area contributed by atoms with Gasteiger partial charge >= 0.3 is 5.97 Å². The minimum atomic E-state index is -0.737. The molecule has 0 bridgehead atoms. The van der Waals surface area contributed by atoms with E-state index < -0.39 is 30.0 Å². The second kappa shape index (κ2) is 6.85. The predicted molar refractivity (Wildman–Crippen MR) is 100 cm³/mol. The van der Waals surface area contributed by atoms with Crippen molar-refractivity contribution in [1.82, 2.24) is 0 Å². The summed E-state index contributed by atoms with van der Waals surface area (Å²) in [4.78, 5) is 38.5. The number of aromatic hydroxyl groups is 1. The van der Waals surface area contributed by atoms with Crippen LogP contribution in [0.4, 0.5) is 0 Å². The molecule has 0 aliphatic heterocycles. The second-order valence-electron chi connectivity index (χ2n) is 8.14. The van der Waals surface area contributed by atoms with Crippen LogP contribution in [0.2, 0.25) is 0 Å². The quantitative estimate of drug-likeness (QED) is 0.623. The molecule has 1 fully saturated rings. The van der Waals surface area contributed by atoms with E-state index in [0.717, 1.165) is 12.0 Å². The molecule has 6 heteroatoms. The Balaban J connectivity index is 1.87. The highest BCUT2D eigenvalue weighted by Gasteiger charge is 2.56. The fourth-order valence-corrected chi connectivity index (χ4v) is 5.33. The van der Waals surface area contributed by atoms with Crippen molar-refractivity contribution < 1.29 is 29.0 Å². The Labute approximate surface area is 163 Å². The number of ketones is 2. The highest BCUT2D eigenvalue weighted by atomic mass is 16.5. The number of carbonyl (C=O) groups is 3. The van der Waals surface area contributed by atoms with Crippen molar-refractivity contribution in [2.24, 2.45) is 23.7 Å². The lowest BCUT2D eigenvalue weighted by Gasteiger charge is -2.48. The Morgan fingerprint density at radius 3 is 2.57 bits per heavy atom. The number of fused-ring (bicyclic) bond motifs is 4. The van der Waals surface area contributed by atoms with Gasteiger partial charge in [0, 0.05) is 31.4 Å². The highest BCUT2D eigenvalue weighted by Crippen LogP contribution is 2.51. The zero-order valence-corrected chi connectivity index (χ0v) is 16.2. The van der Waals surface area contributed by atoms with Crippen LogP contribution < -0.4 is 0 Å². The third kappa shape index (κ3) is 2.78. The molecule has 0 unspecified atom stereocenters. The summed E-state index contributed by atoms with van der Waals surface area (Å²) in [6.07, 6.45) is 2.35. The van der Waals surface area contributed by atoms with Gasteiger partial charge in [-0.1, -0.05) is 30.7 Å². The average molecular weight is 384 g/mol. The fraction of sp³-hybridized carbons (Fsp3) is 0.500. The van der Waals surface area contributed by atoms with E-state index >= 15 is 0 Å². The summed E-state index contributed by atoms with van der Waals surface area (Å²) >= 11 is 0. The van der Waals surface area contributed by atoms with Gasteiger partial charge in [0.2, 0.25) is 0 Å². The van der Waals surface area contributed by atoms with Crippen molar-refractivity contribution in [1.29, 1.82) is 0 Å². The molecule has 1 aromatic carbocycles. The molecular weight excluding hydrogens is 360 g/mol. The minimum absolute atomic E-state index is 0.0702. The van der Waals surface area contributed by atoms with Crippen LogP contribution in [0.5, 0.6) is 5.75 Å². The summed E-state index contributed by atoms with van der Waals surface area (Å²) in [6.45, 7) is 3.45. The smallest absolute Gasteiger partial charge is 0.302 e. The summed E-state index contributed by atoms with van der Waals surface area (Å²) < 4.78 is 11.2. The van der Waals surface area contributed by atoms with Crippen LogP contribution >= 0.6 is 0 Å². The van der Waals surface area contributed by atoms with Crippen LogP contribution in [0.15, 0.2) is 29.8 Å². The normalized spacial score (nSPS) is 34.0. The molecule has 1 saturated carbocycles. The van der Waals surface area contributed by atoms with Gasteiger partial charge in [0.25, 0.3) is 0 Å². The molecule has 28 heavy (non-hydrogen) atoms. The lowest BCUT2D eigenvalue weighted by atomic mass is 9.57. The topological polar surface area (TPSA) is 89.9 Å². The Hall–Kier alpha value is -2.47. The molecule has 1 aromatic rings. The summed E-state index contributed by atoms with van der Waals surface area (Å²) in [5, 5.41) is 10.2. The number of carbonyl (C=O) groups excluding carboxylic acids is 3. The summed E-state index contributed by atoms with van der Waals surface area (Å²) in [5.74, 6) is -2.51. The Kier molecular flexibility index (Phi) is 4.62. The molecule has 3 aliphatic rings. The van der Waals surface area contributed by atoms with E-state index in [1.807, 2.05) is 6.08 Å². The molecule has 0 heterocycles. The molecule has 0 spiro atoms. The average Bonchev–Trinajstić information content (AvgIpc) is 2.63. The molecule has 0 saturated heterocycles. The Morgan fingerprint density at radius 1 is 1.14 bits per heavy atom. The molecule has 1 N–H and O–H groups in total. The second-order valence-corrected chi connectivity index (χ2v) is 8.14. The summed E-state index contributed by atoms with van der Waals surface area (Å²) in [6, 6.07) is 4.57. The van der Waals surface area contributed by atoms with Crippen molar-refractivity contribution in [3.63, 3.8) is 0 Å². The van der Waals surface area contributed by atoms with E-state index in [4.69, 9.17) is 9.47 Å². The van der Waals surface area contributed by atoms with Gasteiger partial charge in [-0.25, -0.2) is 0 Å². The van der Waals surface area contributed by atoms with Crippen molar-refractivity contribution in [3.05, 3.63) is 41.0 Å². The van der Waals surface area contributed by atoms with Gasteiger partial charge in [-0.05, 0) is 24.8 Å². The van der Waals surface area contributed by atoms with Crippen molar-refractivity contribution in [2.75, 3.05) is 7.11 Å². The molecule has 6 atom stereocenters. The standard InChI is InChI=1S/C22H24O6/c1-10-7-12-9-15(27-3)19-20(17(12)16(8-10)28-11(2)23)21(25)13-5-4-6-14(24)18(13)22(19)26/h4-6,9-10,15-17,19-20,24H,7-8H2,1-3H3/t10-,15-,16-,17-,19-,20+/m0/s1. The molecule has 6 nitrogen and oxygen atoms in total. The monoisotopic (exact) mass is 384 g/mol. The molecule has 148 valence electrons. The van der Waals surface area contributed by atoms with Crippen LogP contribution in [0, 0.1) is 23.7 Å². The van der Waals surface area contributed by atoms with E-state index in [1.54, 1.807) is 12.1 Å². The molecule has 0 radical (unpaired) electrons. The fourth-order valence-electron chi connectivity index (χ4n) is 5.33. The molecule has 0 amide bonds. The number of ether oxygens (including phenoxy) is 2. The van der Waals surface area contributed by atoms with Crippen LogP contribution in [0.25, 0.3) is 0 Å². The van der Waals surface area contributed by atoms with Gasteiger partial charge in [0.1, 0.15) is 11.9 Å². The molecule has 0 aromatic heterocycles. The molecular formula is C22H24O6. The number of phenolic OH excluding ortho intramolecular Hbond substituents is 1. The zero-order valence-electron chi connectivity index (χ0n) is 16.2. The van der Waals surface area contributed by atoms with Crippen LogP contribution in [0.1, 0.15) is 47.4 Å². The first-order chi connectivity index (χ1) is 13.3. The third-order valence-corrected chi connectivity index (χ3v) is 6.30. The van der Waals surface area contributed by atoms with Gasteiger partial charge in [-0.3, -0.25) is 14.4 Å². The number of rotatable bonds is 2. The first-order valence-corrected chi connectivity index (χ1v) is 9.64. The number of hydrogen-bond acceptors (Lipinski definition) is 6. The van der Waals surface area contributed by atoms with Crippen molar-refractivity contribution >= 4 is 17.5 Å². The van der Waals surface area contributed by atoms with Crippen LogP contribution in [0.3, 0.4) is 0 Å². The minimum Gasteiger partial charge on any atom is -0.507 e. The van der Waals surface area contributed by atoms with E-state index in [-0.39, 0.29) is 34.4 Å². The predicted octanol–water partition coefficient (Wildman–Crippen LogP) is 2.94. The number of phenols is 1. The number of Topliss-reactive ketones (excluding diaryl/α,β-unsaturated/α-hetero) is 2. The molecule has 3 aliphatic carbocycles. The maximum absolute atomic E-state index is 13.5. The van der Waals surface area contributed by atoms with E-state index in [1.165, 1.54) is 20.1 Å². The largest absolute Gasteiger partial charge is 0.507 e. The first kappa shape index (κ1) is 18.9. The SMILES string of the molecule is CO[C@H]1C=C2C[C@H](C)C[C@H](OC(C)=O)[C@H]2[C@H]2C(=O)c3cccc(O)c3C(=O)[C@H]21. The number of hydrogen-bond donors (Lipinski definition) is 1. The van der Waals surface area contributed by atoms with Crippen LogP contribution in [-0.4, -0.2) is 42.0 Å². The van der Waals surface area contributed by atoms with E-state index in [2.05, 4.69) is 6.92 Å². The van der Waals surface area contributed by atoms with E-state index in [0.29, 0.717) is 12.3 Å². The van der Waals surface area contributed by atoms with Gasteiger partial charge in [0.15, 0.2) is 11.6 Å². The number of methoxy groups -OCH3 is 1. The van der Waals surface area contributed by atoms with Gasteiger partial charge < -0.3 is 14.6 Å². The lowest BCUT2D eigenvalue weighted by molar-refractivity contribution is -0.152. The van der Waals surface area contributed by atoms with E-state index in [9.17, 15) is 19.5 Å². The summed E-state index contributed by atoms with van der Waals surface area (Å²) in [5.41, 5.74) is 1.33. The Morgan fingerprint density at radius 2 is 1.89 bits per heavy atom. The first-order valence-electron chi connectivity index (χ1n) is 9.64. The van der Waals surface area contributed by atoms with Gasteiger partial charge in [-0.15, -0.1) is 0 Å². The lowest BCUT2D eigenvalue weighted by Crippen LogP contribution is -2.54. The zero-order chi connectivity index (χ0) is 20.2. The number of esters is 1. The number of benzene rings is 1. The molecule has 4 rings (SSSR count). The third-order valence-electron chi connectivity index (χ3n) is 6.30.